The first kappa shape index (κ1) is 14.8. The van der Waals surface area contributed by atoms with E-state index in [1.807, 2.05) is 6.07 Å². The SMILES string of the molecule is N#CC1=CN(c2ccc(C#N)cc2)c2cccc(F)c2S1(=O)=O. The van der Waals surface area contributed by atoms with Gasteiger partial charge in [0.2, 0.25) is 9.84 Å². The standard InChI is InChI=1S/C16H8FN3O2S/c17-14-2-1-3-15-16(14)23(21,22)13(9-19)10-20(15)12-6-4-11(8-18)5-7-12/h1-7,10H. The number of hydrogen-bond acceptors (Lipinski definition) is 5. The second-order valence-corrected chi connectivity index (χ2v) is 6.58. The van der Waals surface area contributed by atoms with E-state index in [4.69, 9.17) is 10.5 Å². The zero-order valence-corrected chi connectivity index (χ0v) is 12.4. The van der Waals surface area contributed by atoms with Gasteiger partial charge in [0.05, 0.1) is 17.3 Å². The normalized spacial score (nSPS) is 15.1. The molecule has 0 aromatic heterocycles. The van der Waals surface area contributed by atoms with Crippen molar-refractivity contribution in [2.24, 2.45) is 0 Å². The molecule has 0 fully saturated rings. The molecule has 1 aliphatic rings. The Morgan fingerprint density at radius 2 is 1.70 bits per heavy atom. The van der Waals surface area contributed by atoms with Gasteiger partial charge in [-0.25, -0.2) is 12.8 Å². The lowest BCUT2D eigenvalue weighted by atomic mass is 10.2. The summed E-state index contributed by atoms with van der Waals surface area (Å²) >= 11 is 0. The molecule has 112 valence electrons. The second-order valence-electron chi connectivity index (χ2n) is 4.73. The highest BCUT2D eigenvalue weighted by atomic mass is 32.2. The summed E-state index contributed by atoms with van der Waals surface area (Å²) < 4.78 is 38.8. The van der Waals surface area contributed by atoms with Gasteiger partial charge in [-0.05, 0) is 36.4 Å². The van der Waals surface area contributed by atoms with E-state index in [-0.39, 0.29) is 5.69 Å². The van der Waals surface area contributed by atoms with Crippen molar-refractivity contribution < 1.29 is 12.8 Å². The molecule has 1 aliphatic heterocycles. The zero-order valence-electron chi connectivity index (χ0n) is 11.6. The van der Waals surface area contributed by atoms with Crippen LogP contribution in [-0.4, -0.2) is 8.42 Å². The minimum atomic E-state index is -4.19. The van der Waals surface area contributed by atoms with Crippen LogP contribution in [0.2, 0.25) is 0 Å². The quantitative estimate of drug-likeness (QED) is 0.804. The van der Waals surface area contributed by atoms with E-state index < -0.39 is 25.5 Å². The molecule has 1 heterocycles. The number of sulfone groups is 1. The maximum atomic E-state index is 14.1. The molecule has 23 heavy (non-hydrogen) atoms. The van der Waals surface area contributed by atoms with Crippen molar-refractivity contribution in [1.29, 1.82) is 10.5 Å². The first-order valence-electron chi connectivity index (χ1n) is 6.44. The monoisotopic (exact) mass is 325 g/mol. The largest absolute Gasteiger partial charge is 0.314 e. The third-order valence-electron chi connectivity index (χ3n) is 3.40. The smallest absolute Gasteiger partial charge is 0.223 e. The summed E-state index contributed by atoms with van der Waals surface area (Å²) in [6, 6.07) is 13.8. The molecule has 0 aliphatic carbocycles. The molecular weight excluding hydrogens is 317 g/mol. The third kappa shape index (κ3) is 2.24. The molecule has 2 aromatic rings. The summed E-state index contributed by atoms with van der Waals surface area (Å²) in [7, 11) is -4.19. The molecule has 7 heteroatoms. The van der Waals surface area contributed by atoms with Crippen LogP contribution >= 0.6 is 0 Å². The van der Waals surface area contributed by atoms with E-state index >= 15 is 0 Å². The van der Waals surface area contributed by atoms with Gasteiger partial charge in [0.25, 0.3) is 0 Å². The summed E-state index contributed by atoms with van der Waals surface area (Å²) in [6.07, 6.45) is 1.15. The molecule has 0 spiro atoms. The number of fused-ring (bicyclic) bond motifs is 1. The fraction of sp³-hybridized carbons (Fsp3) is 0. The van der Waals surface area contributed by atoms with Gasteiger partial charge in [0.1, 0.15) is 16.8 Å². The fourth-order valence-electron chi connectivity index (χ4n) is 2.32. The molecule has 5 nitrogen and oxygen atoms in total. The van der Waals surface area contributed by atoms with E-state index in [1.165, 1.54) is 17.0 Å². The van der Waals surface area contributed by atoms with Crippen molar-refractivity contribution in [1.82, 2.24) is 0 Å². The Balaban J connectivity index is 2.28. The number of benzene rings is 2. The van der Waals surface area contributed by atoms with Gasteiger partial charge in [-0.2, -0.15) is 10.5 Å². The van der Waals surface area contributed by atoms with E-state index in [9.17, 15) is 12.8 Å². The minimum Gasteiger partial charge on any atom is -0.314 e. The lowest BCUT2D eigenvalue weighted by Gasteiger charge is -2.27. The highest BCUT2D eigenvalue weighted by Gasteiger charge is 2.34. The van der Waals surface area contributed by atoms with E-state index in [1.54, 1.807) is 30.3 Å². The topological polar surface area (TPSA) is 85.0 Å². The summed E-state index contributed by atoms with van der Waals surface area (Å²) in [5.74, 6) is -0.915. The van der Waals surface area contributed by atoms with Crippen LogP contribution in [0.25, 0.3) is 0 Å². The first-order valence-corrected chi connectivity index (χ1v) is 7.92. The number of nitriles is 2. The van der Waals surface area contributed by atoms with Crippen LogP contribution < -0.4 is 4.90 Å². The van der Waals surface area contributed by atoms with Crippen molar-refractivity contribution in [3.63, 3.8) is 0 Å². The summed E-state index contributed by atoms with van der Waals surface area (Å²) in [4.78, 5) is 0.349. The number of allylic oxidation sites excluding steroid dienone is 1. The predicted molar refractivity (Wildman–Crippen MR) is 80.6 cm³/mol. The van der Waals surface area contributed by atoms with Crippen molar-refractivity contribution in [2.45, 2.75) is 4.90 Å². The van der Waals surface area contributed by atoms with Crippen LogP contribution in [0.4, 0.5) is 15.8 Å². The van der Waals surface area contributed by atoms with E-state index in [2.05, 4.69) is 0 Å². The predicted octanol–water partition coefficient (Wildman–Crippen LogP) is 2.99. The van der Waals surface area contributed by atoms with Gasteiger partial charge >= 0.3 is 0 Å². The van der Waals surface area contributed by atoms with Crippen molar-refractivity contribution in [3.8, 4) is 12.1 Å². The first-order chi connectivity index (χ1) is 11.0. The fourth-order valence-corrected chi connectivity index (χ4v) is 3.67. The van der Waals surface area contributed by atoms with Crippen molar-refractivity contribution in [2.75, 3.05) is 4.90 Å². The van der Waals surface area contributed by atoms with Crippen molar-refractivity contribution >= 4 is 21.2 Å². The van der Waals surface area contributed by atoms with Gasteiger partial charge in [-0.1, -0.05) is 6.07 Å². The highest BCUT2D eigenvalue weighted by molar-refractivity contribution is 7.95. The van der Waals surface area contributed by atoms with Crippen LogP contribution in [0.1, 0.15) is 5.56 Å². The van der Waals surface area contributed by atoms with Crippen LogP contribution in [0, 0.1) is 28.5 Å². The lowest BCUT2D eigenvalue weighted by molar-refractivity contribution is 0.570. The molecule has 0 amide bonds. The van der Waals surface area contributed by atoms with Crippen LogP contribution in [0.3, 0.4) is 0 Å². The molecule has 0 unspecified atom stereocenters. The molecule has 0 bridgehead atoms. The summed E-state index contributed by atoms with van der Waals surface area (Å²) in [5, 5.41) is 17.9. The van der Waals surface area contributed by atoms with Gasteiger partial charge in [0.15, 0.2) is 4.91 Å². The number of hydrogen-bond donors (Lipinski definition) is 0. The second kappa shape index (κ2) is 5.24. The maximum Gasteiger partial charge on any atom is 0.223 e. The molecule has 0 saturated heterocycles. The van der Waals surface area contributed by atoms with Crippen LogP contribution in [0.5, 0.6) is 0 Å². The lowest BCUT2D eigenvalue weighted by Crippen LogP contribution is -2.22. The van der Waals surface area contributed by atoms with Gasteiger partial charge < -0.3 is 4.90 Å². The average molecular weight is 325 g/mol. The highest BCUT2D eigenvalue weighted by Crippen LogP contribution is 2.40. The average Bonchev–Trinajstić information content (AvgIpc) is 2.55. The minimum absolute atomic E-state index is 0.119. The Labute approximate surface area is 132 Å². The van der Waals surface area contributed by atoms with Crippen LogP contribution in [0.15, 0.2) is 58.5 Å². The van der Waals surface area contributed by atoms with Crippen LogP contribution in [-0.2, 0) is 9.84 Å². The van der Waals surface area contributed by atoms with Crippen molar-refractivity contribution in [3.05, 3.63) is 65.0 Å². The Bertz CT molecular complexity index is 1010. The number of anilines is 2. The van der Waals surface area contributed by atoms with Gasteiger partial charge in [-0.15, -0.1) is 0 Å². The summed E-state index contributed by atoms with van der Waals surface area (Å²) in [5.41, 5.74) is 1.06. The number of rotatable bonds is 1. The summed E-state index contributed by atoms with van der Waals surface area (Å²) in [6.45, 7) is 0. The molecule has 0 N–H and O–H groups in total. The Hall–Kier alpha value is -3.16. The molecule has 0 saturated carbocycles. The van der Waals surface area contributed by atoms with E-state index in [0.29, 0.717) is 11.3 Å². The van der Waals surface area contributed by atoms with Gasteiger partial charge in [-0.3, -0.25) is 0 Å². The number of halogens is 1. The maximum absolute atomic E-state index is 14.1. The Kier molecular flexibility index (Phi) is 3.36. The van der Waals surface area contributed by atoms with Gasteiger partial charge in [0, 0.05) is 11.9 Å². The Morgan fingerprint density at radius 1 is 1.00 bits per heavy atom. The zero-order chi connectivity index (χ0) is 16.6. The van der Waals surface area contributed by atoms with E-state index in [0.717, 1.165) is 12.3 Å². The molecule has 2 aromatic carbocycles. The molecular formula is C16H8FN3O2S. The molecule has 3 rings (SSSR count). The number of nitrogens with zero attached hydrogens (tertiary/aromatic N) is 3. The molecule has 0 atom stereocenters. The third-order valence-corrected chi connectivity index (χ3v) is 5.11. The Morgan fingerprint density at radius 3 is 2.30 bits per heavy atom. The molecule has 0 radical (unpaired) electrons.